The number of benzene rings is 2. The third-order valence-electron chi connectivity index (χ3n) is 3.95. The maximum absolute atomic E-state index is 12.3. The van der Waals surface area contributed by atoms with Crippen LogP contribution in [0, 0.1) is 21.4 Å². The van der Waals surface area contributed by atoms with Crippen molar-refractivity contribution in [3.05, 3.63) is 75.3 Å². The minimum Gasteiger partial charge on any atom is -0.489 e. The number of hydrogen-bond donors (Lipinski definition) is 1. The quantitative estimate of drug-likeness (QED) is 0.176. The lowest BCUT2D eigenvalue weighted by atomic mass is 10.1. The van der Waals surface area contributed by atoms with Gasteiger partial charge in [0.05, 0.1) is 10.5 Å². The van der Waals surface area contributed by atoms with Gasteiger partial charge in [0.15, 0.2) is 0 Å². The molecule has 0 aliphatic heterocycles. The SMILES string of the molecule is CSc1nsc(NC(=O)/C(C#N)=C\c2ccc(OCc3ccccc3[N+](=O)[O-])cc2)n1. The molecule has 0 aliphatic carbocycles. The lowest BCUT2D eigenvalue weighted by molar-refractivity contribution is -0.385. The van der Waals surface area contributed by atoms with Gasteiger partial charge in [0.1, 0.15) is 24.0 Å². The molecule has 9 nitrogen and oxygen atoms in total. The lowest BCUT2D eigenvalue weighted by Crippen LogP contribution is -2.13. The highest BCUT2D eigenvalue weighted by Crippen LogP contribution is 2.22. The van der Waals surface area contributed by atoms with E-state index in [4.69, 9.17) is 4.74 Å². The van der Waals surface area contributed by atoms with Crippen molar-refractivity contribution in [3.8, 4) is 11.8 Å². The highest BCUT2D eigenvalue weighted by Gasteiger charge is 2.14. The third-order valence-corrected chi connectivity index (χ3v) is 5.24. The predicted octanol–water partition coefficient (Wildman–Crippen LogP) is 4.29. The molecule has 1 heterocycles. The molecule has 0 radical (unpaired) electrons. The molecule has 2 aromatic carbocycles. The van der Waals surface area contributed by atoms with E-state index in [0.717, 1.165) is 11.5 Å². The van der Waals surface area contributed by atoms with Crippen LogP contribution in [0.4, 0.5) is 10.8 Å². The van der Waals surface area contributed by atoms with Gasteiger partial charge in [0.2, 0.25) is 10.3 Å². The molecule has 0 spiro atoms. The summed E-state index contributed by atoms with van der Waals surface area (Å²) in [5.41, 5.74) is 0.981. The molecule has 0 unspecified atom stereocenters. The van der Waals surface area contributed by atoms with E-state index in [2.05, 4.69) is 14.7 Å². The van der Waals surface area contributed by atoms with Gasteiger partial charge >= 0.3 is 0 Å². The zero-order valence-electron chi connectivity index (χ0n) is 16.1. The molecule has 11 heteroatoms. The van der Waals surface area contributed by atoms with Crippen LogP contribution in [0.25, 0.3) is 6.08 Å². The van der Waals surface area contributed by atoms with E-state index in [1.807, 2.05) is 12.3 Å². The van der Waals surface area contributed by atoms with Crippen LogP contribution in [0.15, 0.2) is 59.3 Å². The van der Waals surface area contributed by atoms with Gasteiger partial charge < -0.3 is 4.74 Å². The number of nitrogens with one attached hydrogen (secondary N) is 1. The first-order valence-corrected chi connectivity index (χ1v) is 10.8. The maximum atomic E-state index is 12.3. The van der Waals surface area contributed by atoms with Crippen molar-refractivity contribution in [1.82, 2.24) is 9.36 Å². The predicted molar refractivity (Wildman–Crippen MR) is 118 cm³/mol. The van der Waals surface area contributed by atoms with Gasteiger partial charge in [-0.1, -0.05) is 36.0 Å². The summed E-state index contributed by atoms with van der Waals surface area (Å²) in [4.78, 5) is 27.0. The molecule has 0 bridgehead atoms. The Balaban J connectivity index is 1.65. The van der Waals surface area contributed by atoms with Crippen LogP contribution >= 0.6 is 23.3 Å². The summed E-state index contributed by atoms with van der Waals surface area (Å²) < 4.78 is 9.67. The third kappa shape index (κ3) is 5.88. The van der Waals surface area contributed by atoms with E-state index in [-0.39, 0.29) is 17.9 Å². The number of carbonyl (C=O) groups excluding carboxylic acids is 1. The van der Waals surface area contributed by atoms with Crippen molar-refractivity contribution in [3.63, 3.8) is 0 Å². The highest BCUT2D eigenvalue weighted by atomic mass is 32.2. The molecule has 0 aliphatic rings. The van der Waals surface area contributed by atoms with Crippen molar-refractivity contribution in [1.29, 1.82) is 5.26 Å². The molecule has 156 valence electrons. The van der Waals surface area contributed by atoms with Gasteiger partial charge in [-0.25, -0.2) is 0 Å². The van der Waals surface area contributed by atoms with Crippen LogP contribution < -0.4 is 10.1 Å². The number of nitriles is 1. The Morgan fingerprint density at radius 1 is 1.32 bits per heavy atom. The molecule has 3 rings (SSSR count). The molecule has 3 aromatic rings. The molecule has 1 aromatic heterocycles. The van der Waals surface area contributed by atoms with Crippen molar-refractivity contribution < 1.29 is 14.5 Å². The van der Waals surface area contributed by atoms with Crippen LogP contribution in [-0.4, -0.2) is 26.4 Å². The van der Waals surface area contributed by atoms with E-state index >= 15 is 0 Å². The monoisotopic (exact) mass is 453 g/mol. The average Bonchev–Trinajstić information content (AvgIpc) is 3.24. The van der Waals surface area contributed by atoms with E-state index in [1.165, 1.54) is 23.9 Å². The topological polar surface area (TPSA) is 131 Å². The van der Waals surface area contributed by atoms with Crippen molar-refractivity contribution in [2.75, 3.05) is 11.6 Å². The standard InChI is InChI=1S/C20H15N5O4S2/c1-30-20-23-19(31-24-20)22-18(26)15(11-21)10-13-6-8-16(9-7-13)29-12-14-4-2-3-5-17(14)25(27)28/h2-10H,12H2,1H3,(H,22,23,24,26)/b15-10-. The molecule has 0 saturated heterocycles. The normalized spacial score (nSPS) is 10.9. The Morgan fingerprint density at radius 3 is 2.71 bits per heavy atom. The Hall–Kier alpha value is -3.75. The summed E-state index contributed by atoms with van der Waals surface area (Å²) in [6.45, 7) is 0.0398. The first-order valence-electron chi connectivity index (χ1n) is 8.76. The van der Waals surface area contributed by atoms with Crippen molar-refractivity contribution in [2.24, 2.45) is 0 Å². The largest absolute Gasteiger partial charge is 0.489 e. The molecule has 0 saturated carbocycles. The summed E-state index contributed by atoms with van der Waals surface area (Å²) >= 11 is 2.39. The van der Waals surface area contributed by atoms with Crippen LogP contribution in [-0.2, 0) is 11.4 Å². The molecule has 1 amide bonds. The van der Waals surface area contributed by atoms with E-state index in [1.54, 1.807) is 42.5 Å². The summed E-state index contributed by atoms with van der Waals surface area (Å²) in [5.74, 6) is -0.0836. The number of anilines is 1. The number of carbonyl (C=O) groups is 1. The fraction of sp³-hybridized carbons (Fsp3) is 0.100. The second kappa shape index (κ2) is 10.3. The fourth-order valence-electron chi connectivity index (χ4n) is 2.46. The number of amides is 1. The number of para-hydroxylation sites is 1. The Morgan fingerprint density at radius 2 is 2.06 bits per heavy atom. The molecular formula is C20H15N5O4S2. The van der Waals surface area contributed by atoms with Gasteiger partial charge in [-0.2, -0.15) is 14.6 Å². The number of nitrogens with zero attached hydrogens (tertiary/aromatic N) is 4. The second-order valence-corrected chi connectivity index (χ2v) is 7.48. The minimum absolute atomic E-state index is 0.00758. The van der Waals surface area contributed by atoms with Crippen LogP contribution in [0.2, 0.25) is 0 Å². The molecule has 31 heavy (non-hydrogen) atoms. The smallest absolute Gasteiger partial charge is 0.276 e. The number of aromatic nitrogens is 2. The van der Waals surface area contributed by atoms with Gasteiger partial charge in [-0.15, -0.1) is 0 Å². The second-order valence-electron chi connectivity index (χ2n) is 5.95. The maximum Gasteiger partial charge on any atom is 0.276 e. The fourth-order valence-corrected chi connectivity index (χ4v) is 3.58. The summed E-state index contributed by atoms with van der Waals surface area (Å²) in [5, 5.41) is 23.8. The number of nitro benzene ring substituents is 1. The number of ether oxygens (including phenoxy) is 1. The number of nitro groups is 1. The Kier molecular flexibility index (Phi) is 7.31. The molecule has 1 N–H and O–H groups in total. The first kappa shape index (κ1) is 21.9. The molecular weight excluding hydrogens is 438 g/mol. The summed E-state index contributed by atoms with van der Waals surface area (Å²) in [7, 11) is 0. The van der Waals surface area contributed by atoms with E-state index in [0.29, 0.717) is 27.2 Å². The van der Waals surface area contributed by atoms with Gasteiger partial charge in [-0.3, -0.25) is 20.2 Å². The van der Waals surface area contributed by atoms with Crippen LogP contribution in [0.5, 0.6) is 5.75 Å². The van der Waals surface area contributed by atoms with Gasteiger partial charge in [0, 0.05) is 17.6 Å². The van der Waals surface area contributed by atoms with E-state index < -0.39 is 10.8 Å². The zero-order valence-corrected chi connectivity index (χ0v) is 17.8. The van der Waals surface area contributed by atoms with Gasteiger partial charge in [0.25, 0.3) is 11.6 Å². The zero-order chi connectivity index (χ0) is 22.2. The molecule has 0 fully saturated rings. The van der Waals surface area contributed by atoms with Crippen molar-refractivity contribution >= 4 is 46.1 Å². The van der Waals surface area contributed by atoms with Gasteiger partial charge in [-0.05, 0) is 36.1 Å². The Labute approximate surface area is 185 Å². The molecule has 0 atom stereocenters. The number of thioether (sulfide) groups is 1. The number of rotatable bonds is 8. The minimum atomic E-state index is -0.581. The summed E-state index contributed by atoms with van der Waals surface area (Å²) in [6.07, 6.45) is 3.26. The number of hydrogen-bond acceptors (Lipinski definition) is 9. The van der Waals surface area contributed by atoms with Crippen LogP contribution in [0.3, 0.4) is 0 Å². The lowest BCUT2D eigenvalue weighted by Gasteiger charge is -2.07. The van der Waals surface area contributed by atoms with Crippen LogP contribution in [0.1, 0.15) is 11.1 Å². The highest BCUT2D eigenvalue weighted by molar-refractivity contribution is 7.98. The van der Waals surface area contributed by atoms with Crippen molar-refractivity contribution in [2.45, 2.75) is 11.8 Å². The first-order chi connectivity index (χ1) is 15.0. The van der Waals surface area contributed by atoms with E-state index in [9.17, 15) is 20.2 Å². The average molecular weight is 454 g/mol. The summed E-state index contributed by atoms with van der Waals surface area (Å²) in [6, 6.07) is 14.9. The Bertz CT molecular complexity index is 1170.